The van der Waals surface area contributed by atoms with Gasteiger partial charge in [0.15, 0.2) is 0 Å². The van der Waals surface area contributed by atoms with E-state index in [1.54, 1.807) is 13.3 Å². The van der Waals surface area contributed by atoms with Gasteiger partial charge >= 0.3 is 6.09 Å². The third-order valence-electron chi connectivity index (χ3n) is 8.49. The Kier molecular flexibility index (Phi) is 11.5. The molecule has 2 amide bonds. The highest BCUT2D eigenvalue weighted by atomic mass is 16.6. The maximum atomic E-state index is 14.2. The van der Waals surface area contributed by atoms with Gasteiger partial charge in [0.2, 0.25) is 0 Å². The van der Waals surface area contributed by atoms with Crippen molar-refractivity contribution in [1.29, 1.82) is 0 Å². The molecule has 10 nitrogen and oxygen atoms in total. The van der Waals surface area contributed by atoms with E-state index in [1.807, 2.05) is 83.8 Å². The van der Waals surface area contributed by atoms with E-state index in [1.165, 1.54) is 0 Å². The summed E-state index contributed by atoms with van der Waals surface area (Å²) in [6, 6.07) is 7.45. The number of benzene rings is 1. The number of allylic oxidation sites excluding steroid dienone is 2. The average Bonchev–Trinajstić information content (AvgIpc) is 3.74. The topological polar surface area (TPSA) is 105 Å². The molecule has 3 rings (SSSR count). The van der Waals surface area contributed by atoms with Crippen LogP contribution < -0.4 is 15.5 Å². The number of hydrazone groups is 1. The largest absolute Gasteiger partial charge is 0.497 e. The molecule has 1 aromatic carbocycles. The molecule has 1 unspecified atom stereocenters. The first-order valence-corrected chi connectivity index (χ1v) is 15.3. The molecule has 1 heterocycles. The molecule has 2 fully saturated rings. The van der Waals surface area contributed by atoms with Gasteiger partial charge in [-0.25, -0.2) is 4.79 Å². The molecule has 0 bridgehead atoms. The number of likely N-dealkylation sites (tertiary alicyclic amines) is 1. The van der Waals surface area contributed by atoms with Crippen molar-refractivity contribution in [3.05, 3.63) is 64.7 Å². The molecule has 44 heavy (non-hydrogen) atoms. The van der Waals surface area contributed by atoms with Crippen molar-refractivity contribution in [2.24, 2.45) is 5.10 Å². The predicted molar refractivity (Wildman–Crippen MR) is 174 cm³/mol. The smallest absolute Gasteiger partial charge is 0.410 e. The second kappa shape index (κ2) is 14.7. The Hall–Kier alpha value is -3.95. The number of carbonyl (C=O) groups is 2. The Balaban J connectivity index is 1.85. The van der Waals surface area contributed by atoms with Crippen LogP contribution in [-0.4, -0.2) is 72.4 Å². The summed E-state index contributed by atoms with van der Waals surface area (Å²) in [5.74, 6) is 1.09. The third kappa shape index (κ3) is 8.80. The molecule has 1 aromatic rings. The van der Waals surface area contributed by atoms with Crippen molar-refractivity contribution < 1.29 is 23.8 Å². The molecule has 2 N–H and O–H groups in total. The average molecular weight is 610 g/mol. The van der Waals surface area contributed by atoms with Crippen LogP contribution in [0.25, 0.3) is 0 Å². The quantitative estimate of drug-likeness (QED) is 0.100. The van der Waals surface area contributed by atoms with Crippen LogP contribution in [0.5, 0.6) is 5.75 Å². The lowest BCUT2D eigenvalue weighted by atomic mass is 9.94. The van der Waals surface area contributed by atoms with Crippen molar-refractivity contribution >= 4 is 18.7 Å². The molecule has 1 aliphatic carbocycles. The molecule has 2 aliphatic rings. The van der Waals surface area contributed by atoms with Crippen molar-refractivity contribution in [3.8, 4) is 5.75 Å². The Morgan fingerprint density at radius 2 is 1.89 bits per heavy atom. The fourth-order valence-corrected chi connectivity index (χ4v) is 5.51. The molecule has 242 valence electrons. The number of ether oxygens (including phenoxy) is 3. The van der Waals surface area contributed by atoms with Crippen LogP contribution in [0.15, 0.2) is 64.2 Å². The van der Waals surface area contributed by atoms with Gasteiger partial charge in [-0.3, -0.25) is 10.2 Å². The van der Waals surface area contributed by atoms with Crippen molar-refractivity contribution in [2.75, 3.05) is 20.7 Å². The zero-order valence-corrected chi connectivity index (χ0v) is 28.0. The van der Waals surface area contributed by atoms with Gasteiger partial charge < -0.3 is 29.3 Å². The highest BCUT2D eigenvalue weighted by Crippen LogP contribution is 2.49. The van der Waals surface area contributed by atoms with Gasteiger partial charge in [0, 0.05) is 49.8 Å². The standard InChI is InChI=1S/C34H51N5O5/c1-11-29(43-22-26-12-14-28(42-10)15-13-26)30(24(3)25(4)38(9)23(2)21-36-35-8)31(40)37-27-16-19-39(34(20-27)17-18-34)32(41)44-33(5,6)7/h11-15,21,25,27,36H,8,16-20,22H2,1-7,9-10H3,(H,37,40)/b23-21-,29-11+,30-24+/t25-,27?/m1/s1. The number of nitrogens with zero attached hydrogens (tertiary/aromatic N) is 3. The van der Waals surface area contributed by atoms with E-state index in [4.69, 9.17) is 14.2 Å². The number of methoxy groups -OCH3 is 1. The number of nitrogens with one attached hydrogen (secondary N) is 2. The summed E-state index contributed by atoms with van der Waals surface area (Å²) in [7, 11) is 3.60. The van der Waals surface area contributed by atoms with Gasteiger partial charge in [0.1, 0.15) is 23.7 Å². The first-order chi connectivity index (χ1) is 20.7. The SMILES string of the molecule is C=NN/C=C(/C)N(C)[C@H](C)/C(C)=C(C(=O)NC1CCN(C(=O)OC(C)(C)C)C2(CC2)C1)\C(=C/C)OCc1ccc(OC)cc1. The minimum Gasteiger partial charge on any atom is -0.497 e. The normalized spacial score (nSPS) is 19.4. The lowest BCUT2D eigenvalue weighted by Crippen LogP contribution is -2.54. The fraction of sp³-hybridized carbons (Fsp3) is 0.559. The predicted octanol–water partition coefficient (Wildman–Crippen LogP) is 5.87. The highest BCUT2D eigenvalue weighted by molar-refractivity contribution is 5.98. The number of rotatable bonds is 12. The maximum absolute atomic E-state index is 14.2. The molecule has 2 atom stereocenters. The Morgan fingerprint density at radius 3 is 2.43 bits per heavy atom. The van der Waals surface area contributed by atoms with Gasteiger partial charge in [0.05, 0.1) is 12.7 Å². The zero-order chi connectivity index (χ0) is 32.7. The second-order valence-corrected chi connectivity index (χ2v) is 12.7. The summed E-state index contributed by atoms with van der Waals surface area (Å²) < 4.78 is 17.3. The molecule has 10 heteroatoms. The highest BCUT2D eigenvalue weighted by Gasteiger charge is 2.54. The van der Waals surface area contributed by atoms with E-state index in [-0.39, 0.29) is 29.6 Å². The van der Waals surface area contributed by atoms with Crippen LogP contribution in [0.4, 0.5) is 4.79 Å². The first kappa shape index (κ1) is 34.5. The summed E-state index contributed by atoms with van der Waals surface area (Å²) in [6.45, 7) is 17.8. The van der Waals surface area contributed by atoms with Gasteiger partial charge in [-0.05, 0) is 103 Å². The number of amides is 2. The summed E-state index contributed by atoms with van der Waals surface area (Å²) in [6.07, 6.45) is 6.49. The molecular weight excluding hydrogens is 558 g/mol. The lowest BCUT2D eigenvalue weighted by Gasteiger charge is -2.41. The molecule has 1 aliphatic heterocycles. The fourth-order valence-electron chi connectivity index (χ4n) is 5.51. The van der Waals surface area contributed by atoms with Crippen molar-refractivity contribution in [3.63, 3.8) is 0 Å². The number of piperidine rings is 1. The van der Waals surface area contributed by atoms with E-state index in [2.05, 4.69) is 34.4 Å². The van der Waals surface area contributed by atoms with E-state index in [0.717, 1.165) is 35.4 Å². The van der Waals surface area contributed by atoms with Gasteiger partial charge in [-0.2, -0.15) is 5.10 Å². The van der Waals surface area contributed by atoms with Crippen LogP contribution in [-0.2, 0) is 20.9 Å². The van der Waals surface area contributed by atoms with E-state index >= 15 is 0 Å². The molecule has 1 saturated heterocycles. The Labute approximate surface area is 263 Å². The number of likely N-dealkylation sites (N-methyl/N-ethyl adjacent to an activating group) is 1. The number of hydrogen-bond donors (Lipinski definition) is 2. The van der Waals surface area contributed by atoms with Gasteiger partial charge in [0.25, 0.3) is 5.91 Å². The number of carbonyl (C=O) groups excluding carboxylic acids is 2. The van der Waals surface area contributed by atoms with Crippen LogP contribution in [0.3, 0.4) is 0 Å². The molecular formula is C34H51N5O5. The van der Waals surface area contributed by atoms with Crippen LogP contribution >= 0.6 is 0 Å². The summed E-state index contributed by atoms with van der Waals surface area (Å²) in [5, 5.41) is 7.00. The van der Waals surface area contributed by atoms with Gasteiger partial charge in [-0.1, -0.05) is 12.1 Å². The van der Waals surface area contributed by atoms with Crippen molar-refractivity contribution in [2.45, 2.75) is 104 Å². The van der Waals surface area contributed by atoms with Crippen LogP contribution in [0.1, 0.15) is 79.7 Å². The molecule has 1 saturated carbocycles. The summed E-state index contributed by atoms with van der Waals surface area (Å²) in [5.41, 5.74) is 5.21. The van der Waals surface area contributed by atoms with Crippen LogP contribution in [0.2, 0.25) is 0 Å². The van der Waals surface area contributed by atoms with E-state index in [0.29, 0.717) is 37.3 Å². The summed E-state index contributed by atoms with van der Waals surface area (Å²) in [4.78, 5) is 31.1. The minimum atomic E-state index is -0.556. The third-order valence-corrected chi connectivity index (χ3v) is 8.49. The van der Waals surface area contributed by atoms with E-state index in [9.17, 15) is 9.59 Å². The molecule has 0 radical (unpaired) electrons. The zero-order valence-electron chi connectivity index (χ0n) is 28.0. The van der Waals surface area contributed by atoms with E-state index < -0.39 is 5.60 Å². The Bertz CT molecular complexity index is 1270. The summed E-state index contributed by atoms with van der Waals surface area (Å²) >= 11 is 0. The lowest BCUT2D eigenvalue weighted by molar-refractivity contribution is -0.118. The second-order valence-electron chi connectivity index (χ2n) is 12.7. The monoisotopic (exact) mass is 609 g/mol. The first-order valence-electron chi connectivity index (χ1n) is 15.3. The Morgan fingerprint density at radius 1 is 1.23 bits per heavy atom. The van der Waals surface area contributed by atoms with Crippen LogP contribution in [0, 0.1) is 0 Å². The molecule has 0 aromatic heterocycles. The van der Waals surface area contributed by atoms with Crippen molar-refractivity contribution in [1.82, 2.24) is 20.5 Å². The molecule has 1 spiro atoms. The maximum Gasteiger partial charge on any atom is 0.410 e. The minimum absolute atomic E-state index is 0.0799. The number of hydrogen-bond acceptors (Lipinski definition) is 8. The van der Waals surface area contributed by atoms with Gasteiger partial charge in [-0.15, -0.1) is 0 Å².